The zero-order valence-electron chi connectivity index (χ0n) is 23.3. The Bertz CT molecular complexity index is 1760. The highest BCUT2D eigenvalue weighted by Gasteiger charge is 2.25. The van der Waals surface area contributed by atoms with Crippen LogP contribution in [0.4, 0.5) is 11.7 Å². The minimum absolute atomic E-state index is 0.0965. The molecule has 0 amide bonds. The van der Waals surface area contributed by atoms with E-state index in [9.17, 15) is 8.42 Å². The predicted octanol–water partition coefficient (Wildman–Crippen LogP) is 6.29. The van der Waals surface area contributed by atoms with E-state index in [1.807, 2.05) is 41.9 Å². The van der Waals surface area contributed by atoms with Gasteiger partial charge >= 0.3 is 0 Å². The van der Waals surface area contributed by atoms with Crippen molar-refractivity contribution in [1.82, 2.24) is 19.9 Å². The van der Waals surface area contributed by atoms with E-state index in [4.69, 9.17) is 8.94 Å². The van der Waals surface area contributed by atoms with Crippen molar-refractivity contribution < 1.29 is 17.4 Å². The van der Waals surface area contributed by atoms with Crippen molar-refractivity contribution in [1.29, 1.82) is 0 Å². The zero-order chi connectivity index (χ0) is 28.7. The summed E-state index contributed by atoms with van der Waals surface area (Å²) in [5.74, 6) is 1.43. The van der Waals surface area contributed by atoms with Crippen molar-refractivity contribution in [2.75, 3.05) is 10.0 Å². The molecule has 0 atom stereocenters. The molecular formula is C29H32N6O4S. The lowest BCUT2D eigenvalue weighted by Crippen LogP contribution is -2.25. The normalized spacial score (nSPS) is 12.1. The van der Waals surface area contributed by atoms with Gasteiger partial charge in [0.1, 0.15) is 12.1 Å². The quantitative estimate of drug-likeness (QED) is 0.227. The van der Waals surface area contributed by atoms with Crippen LogP contribution >= 0.6 is 0 Å². The molecule has 5 aromatic rings. The summed E-state index contributed by atoms with van der Waals surface area (Å²) in [5, 5.41) is 12.0. The van der Waals surface area contributed by atoms with E-state index in [1.54, 1.807) is 38.2 Å². The Hall–Kier alpha value is -4.38. The predicted molar refractivity (Wildman–Crippen MR) is 153 cm³/mol. The molecule has 40 heavy (non-hydrogen) atoms. The smallest absolute Gasteiger partial charge is 0.264 e. The SMILES string of the molecule is Cc1cc(NCc2cc(-c3ncco3)ccc2-c2ccccc2S(=O)(=O)Nc2onc(C)c2C)n(C(C)(C)C)n1. The number of anilines is 2. The first-order valence-corrected chi connectivity index (χ1v) is 14.3. The van der Waals surface area contributed by atoms with Crippen molar-refractivity contribution in [2.24, 2.45) is 0 Å². The highest BCUT2D eigenvalue weighted by Crippen LogP contribution is 2.35. The molecule has 0 aliphatic rings. The lowest BCUT2D eigenvalue weighted by molar-refractivity contribution is 0.358. The molecule has 0 saturated heterocycles. The summed E-state index contributed by atoms with van der Waals surface area (Å²) in [4.78, 5) is 4.40. The van der Waals surface area contributed by atoms with E-state index in [-0.39, 0.29) is 16.3 Å². The molecular weight excluding hydrogens is 528 g/mol. The summed E-state index contributed by atoms with van der Waals surface area (Å²) in [6.07, 6.45) is 3.11. The Morgan fingerprint density at radius 1 is 1.00 bits per heavy atom. The van der Waals surface area contributed by atoms with Gasteiger partial charge in [-0.3, -0.25) is 0 Å². The molecule has 11 heteroatoms. The second-order valence-corrected chi connectivity index (χ2v) is 12.3. The van der Waals surface area contributed by atoms with Crippen molar-refractivity contribution in [3.63, 3.8) is 0 Å². The van der Waals surface area contributed by atoms with Gasteiger partial charge in [0, 0.05) is 29.3 Å². The van der Waals surface area contributed by atoms with Gasteiger partial charge in [0.15, 0.2) is 0 Å². The Kier molecular flexibility index (Phi) is 7.01. The van der Waals surface area contributed by atoms with Crippen LogP contribution in [0, 0.1) is 20.8 Å². The highest BCUT2D eigenvalue weighted by atomic mass is 32.2. The van der Waals surface area contributed by atoms with Crippen molar-refractivity contribution >= 4 is 21.7 Å². The highest BCUT2D eigenvalue weighted by molar-refractivity contribution is 7.92. The van der Waals surface area contributed by atoms with Gasteiger partial charge in [0.25, 0.3) is 10.0 Å². The molecule has 3 aromatic heterocycles. The number of rotatable bonds is 8. The molecule has 2 aromatic carbocycles. The zero-order valence-corrected chi connectivity index (χ0v) is 24.1. The monoisotopic (exact) mass is 560 g/mol. The molecule has 3 heterocycles. The van der Waals surface area contributed by atoms with E-state index in [0.29, 0.717) is 29.3 Å². The summed E-state index contributed by atoms with van der Waals surface area (Å²) in [7, 11) is -4.01. The first kappa shape index (κ1) is 27.2. The molecule has 5 rings (SSSR count). The fourth-order valence-corrected chi connectivity index (χ4v) is 5.70. The van der Waals surface area contributed by atoms with Crippen LogP contribution in [0.15, 0.2) is 74.8 Å². The van der Waals surface area contributed by atoms with Gasteiger partial charge in [-0.05, 0) is 70.9 Å². The summed E-state index contributed by atoms with van der Waals surface area (Å²) in [6, 6.07) is 14.6. The number of aromatic nitrogens is 4. The molecule has 0 bridgehead atoms. The maximum atomic E-state index is 13.6. The molecule has 0 radical (unpaired) electrons. The second kappa shape index (κ2) is 10.3. The topological polar surface area (TPSA) is 128 Å². The average molecular weight is 561 g/mol. The molecule has 0 unspecified atom stereocenters. The molecule has 0 saturated carbocycles. The van der Waals surface area contributed by atoms with Gasteiger partial charge in [-0.25, -0.2) is 22.8 Å². The number of hydrogen-bond donors (Lipinski definition) is 2. The second-order valence-electron chi connectivity index (χ2n) is 10.6. The van der Waals surface area contributed by atoms with Crippen LogP contribution in [-0.4, -0.2) is 28.3 Å². The van der Waals surface area contributed by atoms with Gasteiger partial charge in [0.2, 0.25) is 11.8 Å². The summed E-state index contributed by atoms with van der Waals surface area (Å²) < 4.78 is 42.5. The van der Waals surface area contributed by atoms with Crippen LogP contribution in [0.5, 0.6) is 0 Å². The molecule has 10 nitrogen and oxygen atoms in total. The van der Waals surface area contributed by atoms with E-state index in [0.717, 1.165) is 28.2 Å². The number of nitrogens with one attached hydrogen (secondary N) is 2. The number of hydrogen-bond acceptors (Lipinski definition) is 8. The summed E-state index contributed by atoms with van der Waals surface area (Å²) in [5.41, 5.74) is 4.82. The molecule has 0 aliphatic heterocycles. The molecule has 208 valence electrons. The van der Waals surface area contributed by atoms with E-state index in [2.05, 4.69) is 46.0 Å². The fraction of sp³-hybridized carbons (Fsp3) is 0.276. The summed E-state index contributed by atoms with van der Waals surface area (Å²) >= 11 is 0. The Morgan fingerprint density at radius 2 is 1.77 bits per heavy atom. The van der Waals surface area contributed by atoms with Crippen molar-refractivity contribution in [3.8, 4) is 22.6 Å². The van der Waals surface area contributed by atoms with Crippen LogP contribution in [0.25, 0.3) is 22.6 Å². The largest absolute Gasteiger partial charge is 0.445 e. The van der Waals surface area contributed by atoms with Crippen LogP contribution < -0.4 is 10.0 Å². The summed E-state index contributed by atoms with van der Waals surface area (Å²) in [6.45, 7) is 12.1. The number of sulfonamides is 1. The number of nitrogens with zero attached hydrogens (tertiary/aromatic N) is 4. The minimum Gasteiger partial charge on any atom is -0.445 e. The standard InChI is InChI=1S/C29H32N6O4S/c1-18-15-26(35(32-18)29(4,5)6)31-17-22-16-21(28-30-13-14-38-28)11-12-23(22)24-9-7-8-10-25(24)40(36,37)34-27-19(2)20(3)33-39-27/h7-16,31,34H,17H2,1-6H3. The third kappa shape index (κ3) is 5.37. The first-order valence-electron chi connectivity index (χ1n) is 12.8. The van der Waals surface area contributed by atoms with Crippen molar-refractivity contribution in [2.45, 2.75) is 58.5 Å². The van der Waals surface area contributed by atoms with Crippen LogP contribution in [0.2, 0.25) is 0 Å². The molecule has 2 N–H and O–H groups in total. The number of oxazole rings is 1. The Labute approximate surface area is 233 Å². The van der Waals surface area contributed by atoms with Crippen molar-refractivity contribution in [3.05, 3.63) is 83.5 Å². The van der Waals surface area contributed by atoms with Gasteiger partial charge < -0.3 is 14.3 Å². The van der Waals surface area contributed by atoms with Gasteiger partial charge in [-0.15, -0.1) is 0 Å². The van der Waals surface area contributed by atoms with E-state index < -0.39 is 10.0 Å². The maximum Gasteiger partial charge on any atom is 0.264 e. The molecule has 0 fully saturated rings. The van der Waals surface area contributed by atoms with Gasteiger partial charge in [0.05, 0.1) is 28.0 Å². The van der Waals surface area contributed by atoms with Crippen LogP contribution in [0.3, 0.4) is 0 Å². The first-order chi connectivity index (χ1) is 18.9. The van der Waals surface area contributed by atoms with Crippen LogP contribution in [0.1, 0.15) is 43.3 Å². The fourth-order valence-electron chi connectivity index (χ4n) is 4.44. The van der Waals surface area contributed by atoms with E-state index in [1.165, 1.54) is 6.26 Å². The van der Waals surface area contributed by atoms with Gasteiger partial charge in [-0.2, -0.15) is 5.10 Å². The third-order valence-electron chi connectivity index (χ3n) is 6.56. The Morgan fingerprint density at radius 3 is 2.45 bits per heavy atom. The lowest BCUT2D eigenvalue weighted by Gasteiger charge is -2.23. The number of aryl methyl sites for hydroxylation is 2. The lowest BCUT2D eigenvalue weighted by atomic mass is 9.97. The maximum absolute atomic E-state index is 13.6. The minimum atomic E-state index is -4.01. The average Bonchev–Trinajstić information content (AvgIpc) is 3.65. The number of benzene rings is 2. The third-order valence-corrected chi connectivity index (χ3v) is 7.95. The van der Waals surface area contributed by atoms with E-state index >= 15 is 0 Å². The Balaban J connectivity index is 1.58. The van der Waals surface area contributed by atoms with Gasteiger partial charge in [-0.1, -0.05) is 29.4 Å². The van der Waals surface area contributed by atoms with Crippen LogP contribution in [-0.2, 0) is 22.1 Å². The molecule has 0 spiro atoms. The molecule has 0 aliphatic carbocycles.